The van der Waals surface area contributed by atoms with E-state index in [9.17, 15) is 0 Å². The molecule has 1 heterocycles. The van der Waals surface area contributed by atoms with Crippen LogP contribution in [-0.2, 0) is 0 Å². The van der Waals surface area contributed by atoms with E-state index in [1.54, 1.807) is 6.26 Å². The Kier molecular flexibility index (Phi) is 2.95. The maximum absolute atomic E-state index is 5.23. The normalized spacial score (nSPS) is 15.1. The number of terminal acetylenes is 1. The molecule has 0 saturated carbocycles. The average Bonchev–Trinajstić information content (AvgIpc) is 2.56. The zero-order valence-electron chi connectivity index (χ0n) is 7.37. The van der Waals surface area contributed by atoms with Crippen LogP contribution in [0.3, 0.4) is 0 Å². The molecule has 12 heavy (non-hydrogen) atoms. The number of hydrogen-bond acceptors (Lipinski definition) is 2. The second kappa shape index (κ2) is 3.99. The van der Waals surface area contributed by atoms with Crippen LogP contribution in [0.4, 0.5) is 0 Å². The zero-order valence-corrected chi connectivity index (χ0v) is 7.37. The lowest BCUT2D eigenvalue weighted by atomic mass is 10.2. The first-order valence-corrected chi connectivity index (χ1v) is 3.99. The minimum absolute atomic E-state index is 0.0742. The topological polar surface area (TPSA) is 25.2 Å². The summed E-state index contributed by atoms with van der Waals surface area (Å²) in [5.74, 6) is 3.52. The van der Waals surface area contributed by atoms with E-state index in [1.165, 1.54) is 0 Å². The quantitative estimate of drug-likeness (QED) is 0.689. The smallest absolute Gasteiger partial charge is 0.120 e. The van der Waals surface area contributed by atoms with Crippen LogP contribution in [0, 0.1) is 12.3 Å². The van der Waals surface area contributed by atoms with Gasteiger partial charge in [0.1, 0.15) is 5.76 Å². The number of furan rings is 1. The third-order valence-corrected chi connectivity index (χ3v) is 1.72. The minimum atomic E-state index is 0.0742. The maximum atomic E-state index is 5.23. The molecule has 0 bridgehead atoms. The Labute approximate surface area is 73.0 Å². The van der Waals surface area contributed by atoms with Crippen molar-refractivity contribution in [1.82, 2.24) is 5.32 Å². The van der Waals surface area contributed by atoms with Gasteiger partial charge in [0.15, 0.2) is 0 Å². The summed E-state index contributed by atoms with van der Waals surface area (Å²) in [5, 5.41) is 3.20. The fourth-order valence-electron chi connectivity index (χ4n) is 1.04. The van der Waals surface area contributed by atoms with Gasteiger partial charge in [0.25, 0.3) is 0 Å². The molecular formula is C10H13NO. The molecule has 64 valence electrons. The van der Waals surface area contributed by atoms with Gasteiger partial charge in [-0.25, -0.2) is 0 Å². The first-order valence-electron chi connectivity index (χ1n) is 3.99. The highest BCUT2D eigenvalue weighted by Gasteiger charge is 2.08. The molecule has 0 amide bonds. The van der Waals surface area contributed by atoms with Crippen LogP contribution in [0.25, 0.3) is 0 Å². The van der Waals surface area contributed by atoms with Crippen molar-refractivity contribution in [1.29, 1.82) is 0 Å². The van der Waals surface area contributed by atoms with Crippen molar-refractivity contribution in [3.8, 4) is 12.3 Å². The summed E-state index contributed by atoms with van der Waals surface area (Å²) in [6.07, 6.45) is 6.89. The van der Waals surface area contributed by atoms with Crippen molar-refractivity contribution in [3.05, 3.63) is 24.2 Å². The summed E-state index contributed by atoms with van der Waals surface area (Å²) in [6.45, 7) is 3.96. The molecule has 0 radical (unpaired) electrons. The summed E-state index contributed by atoms with van der Waals surface area (Å²) in [4.78, 5) is 0. The van der Waals surface area contributed by atoms with Gasteiger partial charge < -0.3 is 4.42 Å². The van der Waals surface area contributed by atoms with Crippen LogP contribution in [0.5, 0.6) is 0 Å². The van der Waals surface area contributed by atoms with Gasteiger partial charge in [-0.05, 0) is 26.0 Å². The predicted octanol–water partition coefficient (Wildman–Crippen LogP) is 1.95. The molecule has 0 saturated heterocycles. The van der Waals surface area contributed by atoms with Gasteiger partial charge >= 0.3 is 0 Å². The second-order valence-electron chi connectivity index (χ2n) is 2.79. The van der Waals surface area contributed by atoms with E-state index < -0.39 is 0 Å². The Morgan fingerprint density at radius 3 is 2.83 bits per heavy atom. The Morgan fingerprint density at radius 2 is 2.33 bits per heavy atom. The molecular weight excluding hydrogens is 150 g/mol. The van der Waals surface area contributed by atoms with Crippen LogP contribution in [-0.4, -0.2) is 6.04 Å². The Balaban J connectivity index is 2.51. The first-order chi connectivity index (χ1) is 5.74. The van der Waals surface area contributed by atoms with Crippen LogP contribution in [0.15, 0.2) is 22.8 Å². The van der Waals surface area contributed by atoms with E-state index >= 15 is 0 Å². The molecule has 1 N–H and O–H groups in total. The number of nitrogens with one attached hydrogen (secondary N) is 1. The van der Waals surface area contributed by atoms with Gasteiger partial charge in [-0.3, -0.25) is 5.32 Å². The van der Waals surface area contributed by atoms with E-state index in [-0.39, 0.29) is 12.1 Å². The summed E-state index contributed by atoms with van der Waals surface area (Å²) in [5.41, 5.74) is 0. The largest absolute Gasteiger partial charge is 0.468 e. The standard InChI is InChI=1S/C10H13NO/c1-4-8(2)11-9(3)10-6-5-7-12-10/h1,5-9,11H,2-3H3/t8?,9-/m1/s1. The van der Waals surface area contributed by atoms with Gasteiger partial charge in [-0.2, -0.15) is 0 Å². The van der Waals surface area contributed by atoms with E-state index in [1.807, 2.05) is 26.0 Å². The van der Waals surface area contributed by atoms with E-state index in [4.69, 9.17) is 10.8 Å². The fraction of sp³-hybridized carbons (Fsp3) is 0.400. The van der Waals surface area contributed by atoms with Gasteiger partial charge in [-0.1, -0.05) is 5.92 Å². The second-order valence-corrected chi connectivity index (χ2v) is 2.79. The van der Waals surface area contributed by atoms with Gasteiger partial charge in [0.2, 0.25) is 0 Å². The van der Waals surface area contributed by atoms with Crippen molar-refractivity contribution < 1.29 is 4.42 Å². The third-order valence-electron chi connectivity index (χ3n) is 1.72. The molecule has 1 aromatic rings. The van der Waals surface area contributed by atoms with Gasteiger partial charge in [-0.15, -0.1) is 6.42 Å². The van der Waals surface area contributed by atoms with Crippen LogP contribution in [0.2, 0.25) is 0 Å². The summed E-state index contributed by atoms with van der Waals surface area (Å²) >= 11 is 0. The number of hydrogen-bond donors (Lipinski definition) is 1. The molecule has 0 aliphatic heterocycles. The fourth-order valence-corrected chi connectivity index (χ4v) is 1.04. The highest BCUT2D eigenvalue weighted by molar-refractivity contribution is 5.06. The minimum Gasteiger partial charge on any atom is -0.468 e. The Hall–Kier alpha value is -1.20. The van der Waals surface area contributed by atoms with E-state index in [2.05, 4.69) is 11.2 Å². The Morgan fingerprint density at radius 1 is 1.58 bits per heavy atom. The lowest BCUT2D eigenvalue weighted by molar-refractivity contribution is 0.422. The lowest BCUT2D eigenvalue weighted by Crippen LogP contribution is -2.27. The predicted molar refractivity (Wildman–Crippen MR) is 48.6 cm³/mol. The van der Waals surface area contributed by atoms with Gasteiger partial charge in [0.05, 0.1) is 18.3 Å². The highest BCUT2D eigenvalue weighted by Crippen LogP contribution is 2.12. The monoisotopic (exact) mass is 163 g/mol. The molecule has 1 unspecified atom stereocenters. The maximum Gasteiger partial charge on any atom is 0.120 e. The molecule has 0 aliphatic carbocycles. The summed E-state index contributed by atoms with van der Waals surface area (Å²) in [6, 6.07) is 4.05. The third kappa shape index (κ3) is 2.14. The van der Waals surface area contributed by atoms with Crippen molar-refractivity contribution in [2.45, 2.75) is 25.9 Å². The van der Waals surface area contributed by atoms with Crippen molar-refractivity contribution >= 4 is 0 Å². The molecule has 0 aliphatic rings. The van der Waals surface area contributed by atoms with E-state index in [0.29, 0.717) is 0 Å². The molecule has 2 atom stereocenters. The average molecular weight is 163 g/mol. The Bertz CT molecular complexity index is 258. The summed E-state index contributed by atoms with van der Waals surface area (Å²) in [7, 11) is 0. The molecule has 1 aromatic heterocycles. The van der Waals surface area contributed by atoms with Crippen LogP contribution < -0.4 is 5.32 Å². The molecule has 0 spiro atoms. The van der Waals surface area contributed by atoms with Crippen molar-refractivity contribution in [2.24, 2.45) is 0 Å². The highest BCUT2D eigenvalue weighted by atomic mass is 16.3. The summed E-state index contributed by atoms with van der Waals surface area (Å²) < 4.78 is 5.21. The van der Waals surface area contributed by atoms with E-state index in [0.717, 1.165) is 5.76 Å². The molecule has 0 fully saturated rings. The number of rotatable bonds is 3. The van der Waals surface area contributed by atoms with Crippen molar-refractivity contribution in [3.63, 3.8) is 0 Å². The molecule has 2 nitrogen and oxygen atoms in total. The molecule has 0 aromatic carbocycles. The van der Waals surface area contributed by atoms with Crippen LogP contribution >= 0.6 is 0 Å². The SMILES string of the molecule is C#CC(C)N[C@H](C)c1ccco1. The van der Waals surface area contributed by atoms with Crippen LogP contribution in [0.1, 0.15) is 25.6 Å². The van der Waals surface area contributed by atoms with Gasteiger partial charge in [0, 0.05) is 0 Å². The molecule has 2 heteroatoms. The van der Waals surface area contributed by atoms with Crippen molar-refractivity contribution in [2.75, 3.05) is 0 Å². The zero-order chi connectivity index (χ0) is 8.97. The lowest BCUT2D eigenvalue weighted by Gasteiger charge is -2.13. The molecule has 1 rings (SSSR count). The first kappa shape index (κ1) is 8.89.